The highest BCUT2D eigenvalue weighted by molar-refractivity contribution is 9.10. The number of hydrogen-bond donors (Lipinski definition) is 1. The summed E-state index contributed by atoms with van der Waals surface area (Å²) in [6, 6.07) is 9.36. The van der Waals surface area contributed by atoms with Crippen LogP contribution < -0.4 is 5.56 Å². The van der Waals surface area contributed by atoms with Crippen LogP contribution in [0.1, 0.15) is 36.5 Å². The van der Waals surface area contributed by atoms with Gasteiger partial charge in [-0.05, 0) is 47.0 Å². The molecule has 24 heavy (non-hydrogen) atoms. The number of benzene rings is 1. The van der Waals surface area contributed by atoms with Crippen molar-refractivity contribution in [3.63, 3.8) is 0 Å². The van der Waals surface area contributed by atoms with Gasteiger partial charge in [0.05, 0.1) is 11.3 Å². The molecule has 0 aliphatic carbocycles. The lowest BCUT2D eigenvalue weighted by Crippen LogP contribution is -2.25. The fourth-order valence-corrected chi connectivity index (χ4v) is 2.73. The Morgan fingerprint density at radius 2 is 2.12 bits per heavy atom. The lowest BCUT2D eigenvalue weighted by atomic mass is 10.1. The lowest BCUT2D eigenvalue weighted by Gasteiger charge is -2.13. The van der Waals surface area contributed by atoms with Gasteiger partial charge >= 0.3 is 0 Å². The zero-order valence-electron chi connectivity index (χ0n) is 13.6. The molecule has 5 nitrogen and oxygen atoms in total. The van der Waals surface area contributed by atoms with Gasteiger partial charge in [-0.2, -0.15) is 5.26 Å². The zero-order valence-corrected chi connectivity index (χ0v) is 15.2. The highest BCUT2D eigenvalue weighted by Crippen LogP contribution is 2.26. The number of nitriles is 1. The summed E-state index contributed by atoms with van der Waals surface area (Å²) in [6.45, 7) is 4.01. The van der Waals surface area contributed by atoms with Gasteiger partial charge in [0.1, 0.15) is 11.6 Å². The molecule has 0 aliphatic rings. The number of aromatic nitrogens is 1. The minimum Gasteiger partial charge on any atom is -0.494 e. The first-order valence-electron chi connectivity index (χ1n) is 7.66. The van der Waals surface area contributed by atoms with Crippen LogP contribution in [0.5, 0.6) is 5.88 Å². The third-order valence-electron chi connectivity index (χ3n) is 3.77. The SMILES string of the molecule is CCCCn1c(O)c(C=Nc2ccccc2Br)c(C)c(C#N)c1=O. The summed E-state index contributed by atoms with van der Waals surface area (Å²) in [5.41, 5.74) is 1.10. The molecule has 1 aromatic heterocycles. The van der Waals surface area contributed by atoms with Gasteiger partial charge < -0.3 is 5.11 Å². The van der Waals surface area contributed by atoms with Gasteiger partial charge in [0.15, 0.2) is 0 Å². The van der Waals surface area contributed by atoms with E-state index in [-0.39, 0.29) is 11.4 Å². The maximum atomic E-state index is 12.4. The molecule has 0 unspecified atom stereocenters. The van der Waals surface area contributed by atoms with Crippen LogP contribution in [0, 0.1) is 18.3 Å². The van der Waals surface area contributed by atoms with E-state index in [4.69, 9.17) is 0 Å². The molecule has 0 saturated carbocycles. The molecule has 2 aromatic rings. The molecular formula is C18H18BrN3O2. The Balaban J connectivity index is 2.59. The first-order chi connectivity index (χ1) is 11.5. The first kappa shape index (κ1) is 18.0. The lowest BCUT2D eigenvalue weighted by molar-refractivity contribution is 0.400. The van der Waals surface area contributed by atoms with Crippen LogP contribution >= 0.6 is 15.9 Å². The second kappa shape index (κ2) is 7.93. The fraction of sp³-hybridized carbons (Fsp3) is 0.278. The van der Waals surface area contributed by atoms with Crippen molar-refractivity contribution < 1.29 is 5.11 Å². The van der Waals surface area contributed by atoms with Crippen molar-refractivity contribution in [2.45, 2.75) is 33.2 Å². The van der Waals surface area contributed by atoms with Gasteiger partial charge in [0, 0.05) is 17.2 Å². The van der Waals surface area contributed by atoms with E-state index < -0.39 is 5.56 Å². The summed E-state index contributed by atoms with van der Waals surface area (Å²) in [7, 11) is 0. The summed E-state index contributed by atoms with van der Waals surface area (Å²) in [5, 5.41) is 19.8. The van der Waals surface area contributed by atoms with Crippen molar-refractivity contribution >= 4 is 27.8 Å². The number of para-hydroxylation sites is 1. The Kier molecular flexibility index (Phi) is 5.93. The normalized spacial score (nSPS) is 10.9. The molecule has 1 heterocycles. The average molecular weight is 388 g/mol. The van der Waals surface area contributed by atoms with Gasteiger partial charge in [0.2, 0.25) is 5.88 Å². The van der Waals surface area contributed by atoms with Crippen LogP contribution in [-0.2, 0) is 6.54 Å². The molecule has 0 atom stereocenters. The molecule has 124 valence electrons. The van der Waals surface area contributed by atoms with Gasteiger partial charge in [0.25, 0.3) is 5.56 Å². The molecule has 0 aliphatic heterocycles. The Bertz CT molecular complexity index is 879. The van der Waals surface area contributed by atoms with E-state index in [0.29, 0.717) is 23.4 Å². The zero-order chi connectivity index (χ0) is 17.7. The molecule has 1 aromatic carbocycles. The topological polar surface area (TPSA) is 78.4 Å². The number of aliphatic imine (C=N–C) groups is 1. The molecule has 6 heteroatoms. The van der Waals surface area contributed by atoms with Gasteiger partial charge in [-0.1, -0.05) is 25.5 Å². The number of unbranched alkanes of at least 4 members (excludes halogenated alkanes) is 1. The van der Waals surface area contributed by atoms with Crippen LogP contribution in [0.4, 0.5) is 5.69 Å². The van der Waals surface area contributed by atoms with Crippen LogP contribution in [0.3, 0.4) is 0 Å². The molecule has 1 N–H and O–H groups in total. The van der Waals surface area contributed by atoms with Crippen LogP contribution in [0.2, 0.25) is 0 Å². The Morgan fingerprint density at radius 3 is 2.75 bits per heavy atom. The van der Waals surface area contributed by atoms with Gasteiger partial charge in [-0.25, -0.2) is 0 Å². The van der Waals surface area contributed by atoms with Gasteiger partial charge in [-0.15, -0.1) is 0 Å². The largest absolute Gasteiger partial charge is 0.494 e. The van der Waals surface area contributed by atoms with E-state index in [2.05, 4.69) is 20.9 Å². The minimum atomic E-state index is -0.459. The van der Waals surface area contributed by atoms with E-state index in [1.54, 1.807) is 6.92 Å². The van der Waals surface area contributed by atoms with E-state index in [9.17, 15) is 15.2 Å². The standard InChI is InChI=1S/C18H18BrN3O2/c1-3-4-9-22-17(23)13(10-20)12(2)14(18(22)24)11-21-16-8-6-5-7-15(16)19/h5-8,11,24H,3-4,9H2,1-2H3. The van der Waals surface area contributed by atoms with E-state index >= 15 is 0 Å². The molecular weight excluding hydrogens is 370 g/mol. The number of rotatable bonds is 5. The number of pyridine rings is 1. The van der Waals surface area contributed by atoms with Crippen LogP contribution in [0.25, 0.3) is 0 Å². The predicted molar refractivity (Wildman–Crippen MR) is 98.1 cm³/mol. The van der Waals surface area contributed by atoms with Crippen molar-refractivity contribution in [2.75, 3.05) is 0 Å². The van der Waals surface area contributed by atoms with E-state index in [0.717, 1.165) is 17.3 Å². The Hall–Kier alpha value is -2.39. The number of aromatic hydroxyl groups is 1. The van der Waals surface area contributed by atoms with E-state index in [1.807, 2.05) is 37.3 Å². The summed E-state index contributed by atoms with van der Waals surface area (Å²) < 4.78 is 2.06. The van der Waals surface area contributed by atoms with Crippen LogP contribution in [0.15, 0.2) is 38.5 Å². The minimum absolute atomic E-state index is 0.0393. The molecule has 0 spiro atoms. The maximum Gasteiger partial charge on any atom is 0.271 e. The number of nitrogens with zero attached hydrogens (tertiary/aromatic N) is 3. The third-order valence-corrected chi connectivity index (χ3v) is 4.44. The molecule has 0 radical (unpaired) electrons. The van der Waals surface area contributed by atoms with Crippen LogP contribution in [-0.4, -0.2) is 15.9 Å². The average Bonchev–Trinajstić information content (AvgIpc) is 2.56. The van der Waals surface area contributed by atoms with Crippen molar-refractivity contribution in [1.29, 1.82) is 5.26 Å². The first-order valence-corrected chi connectivity index (χ1v) is 8.45. The Labute approximate surface area is 149 Å². The third kappa shape index (κ3) is 3.57. The highest BCUT2D eigenvalue weighted by atomic mass is 79.9. The number of halogens is 1. The molecule has 0 amide bonds. The summed E-state index contributed by atoms with van der Waals surface area (Å²) in [5.74, 6) is -0.152. The number of hydrogen-bond acceptors (Lipinski definition) is 4. The van der Waals surface area contributed by atoms with Gasteiger partial charge in [-0.3, -0.25) is 14.4 Å². The van der Waals surface area contributed by atoms with Crippen molar-refractivity contribution in [3.05, 3.63) is 55.8 Å². The summed E-state index contributed by atoms with van der Waals surface area (Å²) >= 11 is 3.41. The monoisotopic (exact) mass is 387 g/mol. The molecule has 2 rings (SSSR count). The molecule has 0 fully saturated rings. The van der Waals surface area contributed by atoms with Crippen molar-refractivity contribution in [3.8, 4) is 11.9 Å². The maximum absolute atomic E-state index is 12.4. The molecule has 0 bridgehead atoms. The second-order valence-corrected chi connectivity index (χ2v) is 6.22. The van der Waals surface area contributed by atoms with Crippen molar-refractivity contribution in [1.82, 2.24) is 4.57 Å². The smallest absolute Gasteiger partial charge is 0.271 e. The quantitative estimate of drug-likeness (QED) is 0.785. The predicted octanol–water partition coefficient (Wildman–Crippen LogP) is 4.05. The van der Waals surface area contributed by atoms with E-state index in [1.165, 1.54) is 10.8 Å². The summed E-state index contributed by atoms with van der Waals surface area (Å²) in [4.78, 5) is 16.7. The molecule has 0 saturated heterocycles. The Morgan fingerprint density at radius 1 is 1.42 bits per heavy atom. The van der Waals surface area contributed by atoms with Crippen molar-refractivity contribution in [2.24, 2.45) is 4.99 Å². The highest BCUT2D eigenvalue weighted by Gasteiger charge is 2.17. The fourth-order valence-electron chi connectivity index (χ4n) is 2.34. The summed E-state index contributed by atoms with van der Waals surface area (Å²) in [6.07, 6.45) is 3.11. The second-order valence-electron chi connectivity index (χ2n) is 5.37.